The first-order valence-corrected chi connectivity index (χ1v) is 4.56. The molecule has 76 valence electrons. The largest absolute Gasteiger partial charge is 0.417 e. The number of rotatable bonds is 1. The number of carbonyl (C=O) groups excluding carboxylic acids is 1. The van der Waals surface area contributed by atoms with Crippen LogP contribution >= 0.6 is 27.5 Å². The smallest absolute Gasteiger partial charge is 0.276 e. The highest BCUT2D eigenvalue weighted by Crippen LogP contribution is 2.34. The van der Waals surface area contributed by atoms with Crippen LogP contribution in [0.25, 0.3) is 0 Å². The monoisotopic (exact) mass is 286 g/mol. The lowest BCUT2D eigenvalue weighted by atomic mass is 10.1. The van der Waals surface area contributed by atoms with Crippen molar-refractivity contribution in [3.05, 3.63) is 33.8 Å². The van der Waals surface area contributed by atoms with Crippen LogP contribution in [0.15, 0.2) is 22.7 Å². The first kappa shape index (κ1) is 11.5. The summed E-state index contributed by atoms with van der Waals surface area (Å²) in [6, 6.07) is 3.17. The first-order chi connectivity index (χ1) is 6.32. The molecule has 6 heteroatoms. The molecule has 0 aliphatic carbocycles. The Bertz CT molecular complexity index is 375. The van der Waals surface area contributed by atoms with Crippen molar-refractivity contribution in [2.24, 2.45) is 0 Å². The molecule has 1 rings (SSSR count). The highest BCUT2D eigenvalue weighted by molar-refractivity contribution is 9.10. The van der Waals surface area contributed by atoms with Gasteiger partial charge in [-0.15, -0.1) is 0 Å². The molecule has 0 aromatic heterocycles. The van der Waals surface area contributed by atoms with Gasteiger partial charge in [0.05, 0.1) is 5.56 Å². The fraction of sp³-hybridized carbons (Fsp3) is 0.125. The molecular formula is C8H3BrClF3O. The Balaban J connectivity index is 3.38. The van der Waals surface area contributed by atoms with Gasteiger partial charge in [0, 0.05) is 10.0 Å². The van der Waals surface area contributed by atoms with E-state index in [2.05, 4.69) is 15.9 Å². The maximum atomic E-state index is 12.4. The van der Waals surface area contributed by atoms with Crippen molar-refractivity contribution in [3.8, 4) is 0 Å². The molecule has 0 N–H and O–H groups in total. The summed E-state index contributed by atoms with van der Waals surface area (Å²) >= 11 is 7.90. The van der Waals surface area contributed by atoms with E-state index in [0.717, 1.165) is 12.1 Å². The molecule has 1 nitrogen and oxygen atoms in total. The van der Waals surface area contributed by atoms with Crippen molar-refractivity contribution in [1.29, 1.82) is 0 Å². The summed E-state index contributed by atoms with van der Waals surface area (Å²) in [5.74, 6) is 0. The quantitative estimate of drug-likeness (QED) is 0.717. The zero-order valence-electron chi connectivity index (χ0n) is 6.53. The molecular weight excluding hydrogens is 284 g/mol. The van der Waals surface area contributed by atoms with E-state index in [1.807, 2.05) is 0 Å². The average Bonchev–Trinajstić information content (AvgIpc) is 2.01. The Morgan fingerprint density at radius 2 is 1.93 bits per heavy atom. The summed E-state index contributed by atoms with van der Waals surface area (Å²) in [6.45, 7) is 0. The lowest BCUT2D eigenvalue weighted by Crippen LogP contribution is -2.10. The molecule has 0 unspecified atom stereocenters. The van der Waals surface area contributed by atoms with E-state index in [4.69, 9.17) is 11.6 Å². The van der Waals surface area contributed by atoms with Gasteiger partial charge in [-0.25, -0.2) is 0 Å². The number of hydrogen-bond donors (Lipinski definition) is 0. The Hall–Kier alpha value is -0.550. The maximum absolute atomic E-state index is 12.4. The van der Waals surface area contributed by atoms with Crippen molar-refractivity contribution in [3.63, 3.8) is 0 Å². The van der Waals surface area contributed by atoms with E-state index in [1.54, 1.807) is 0 Å². The van der Waals surface area contributed by atoms with Crippen molar-refractivity contribution < 1.29 is 18.0 Å². The number of halogens is 5. The van der Waals surface area contributed by atoms with Crippen molar-refractivity contribution >= 4 is 32.8 Å². The topological polar surface area (TPSA) is 17.1 Å². The number of carbonyl (C=O) groups is 1. The third kappa shape index (κ3) is 2.48. The van der Waals surface area contributed by atoms with Crippen LogP contribution in [0.4, 0.5) is 13.2 Å². The van der Waals surface area contributed by atoms with Gasteiger partial charge in [0.25, 0.3) is 5.24 Å². The fourth-order valence-corrected chi connectivity index (χ4v) is 1.45. The molecule has 0 saturated carbocycles. The zero-order chi connectivity index (χ0) is 10.9. The second kappa shape index (κ2) is 3.90. The van der Waals surface area contributed by atoms with Gasteiger partial charge in [-0.1, -0.05) is 15.9 Å². The molecule has 0 amide bonds. The molecule has 0 aliphatic heterocycles. The highest BCUT2D eigenvalue weighted by Gasteiger charge is 2.34. The first-order valence-electron chi connectivity index (χ1n) is 3.39. The Kier molecular flexibility index (Phi) is 3.21. The zero-order valence-corrected chi connectivity index (χ0v) is 8.87. The van der Waals surface area contributed by atoms with E-state index in [0.29, 0.717) is 0 Å². The van der Waals surface area contributed by atoms with Crippen LogP contribution in [-0.4, -0.2) is 5.24 Å². The lowest BCUT2D eigenvalue weighted by molar-refractivity contribution is -0.137. The Morgan fingerprint density at radius 3 is 2.36 bits per heavy atom. The SMILES string of the molecule is O=C(Cl)c1ccc(Br)cc1C(F)(F)F. The van der Waals surface area contributed by atoms with Gasteiger partial charge in [0.1, 0.15) is 0 Å². The van der Waals surface area contributed by atoms with Gasteiger partial charge in [-0.3, -0.25) is 4.79 Å². The van der Waals surface area contributed by atoms with Gasteiger partial charge >= 0.3 is 6.18 Å². The van der Waals surface area contributed by atoms with Gasteiger partial charge < -0.3 is 0 Å². The van der Waals surface area contributed by atoms with Crippen LogP contribution in [0, 0.1) is 0 Å². The van der Waals surface area contributed by atoms with Gasteiger partial charge in [-0.2, -0.15) is 13.2 Å². The van der Waals surface area contributed by atoms with Gasteiger partial charge in [-0.05, 0) is 29.8 Å². The van der Waals surface area contributed by atoms with E-state index in [9.17, 15) is 18.0 Å². The van der Waals surface area contributed by atoms with Crippen LogP contribution in [-0.2, 0) is 6.18 Å². The van der Waals surface area contributed by atoms with E-state index in [1.165, 1.54) is 6.07 Å². The number of benzene rings is 1. The van der Waals surface area contributed by atoms with Crippen LogP contribution in [0.1, 0.15) is 15.9 Å². The molecule has 0 saturated heterocycles. The van der Waals surface area contributed by atoms with Crippen LogP contribution in [0.3, 0.4) is 0 Å². The molecule has 1 aromatic rings. The molecule has 0 fully saturated rings. The van der Waals surface area contributed by atoms with E-state index < -0.39 is 22.5 Å². The molecule has 0 heterocycles. The third-order valence-electron chi connectivity index (χ3n) is 1.50. The Labute approximate surface area is 91.0 Å². The molecule has 0 aliphatic rings. The lowest BCUT2D eigenvalue weighted by Gasteiger charge is -2.10. The number of hydrogen-bond acceptors (Lipinski definition) is 1. The van der Waals surface area contributed by atoms with Crippen LogP contribution < -0.4 is 0 Å². The fourth-order valence-electron chi connectivity index (χ4n) is 0.922. The minimum atomic E-state index is -4.58. The maximum Gasteiger partial charge on any atom is 0.417 e. The van der Waals surface area contributed by atoms with Crippen LogP contribution in [0.5, 0.6) is 0 Å². The van der Waals surface area contributed by atoms with Crippen LogP contribution in [0.2, 0.25) is 0 Å². The summed E-state index contributed by atoms with van der Waals surface area (Å²) in [4.78, 5) is 10.7. The summed E-state index contributed by atoms with van der Waals surface area (Å²) in [6.07, 6.45) is -4.58. The summed E-state index contributed by atoms with van der Waals surface area (Å²) in [5, 5.41) is -1.12. The standard InChI is InChI=1S/C8H3BrClF3O/c9-4-1-2-5(7(10)14)6(3-4)8(11,12)13/h1-3H. The summed E-state index contributed by atoms with van der Waals surface area (Å²) < 4.78 is 37.3. The minimum absolute atomic E-state index is 0.242. The molecule has 14 heavy (non-hydrogen) atoms. The molecule has 0 bridgehead atoms. The predicted octanol–water partition coefficient (Wildman–Crippen LogP) is 3.85. The predicted molar refractivity (Wildman–Crippen MR) is 49.3 cm³/mol. The summed E-state index contributed by atoms with van der Waals surface area (Å²) in [7, 11) is 0. The normalized spacial score (nSPS) is 11.5. The van der Waals surface area contributed by atoms with Crippen molar-refractivity contribution in [1.82, 2.24) is 0 Å². The Morgan fingerprint density at radius 1 is 1.36 bits per heavy atom. The third-order valence-corrected chi connectivity index (χ3v) is 2.20. The molecule has 0 atom stereocenters. The van der Waals surface area contributed by atoms with E-state index >= 15 is 0 Å². The average molecular weight is 287 g/mol. The van der Waals surface area contributed by atoms with Gasteiger partial charge in [0.15, 0.2) is 0 Å². The van der Waals surface area contributed by atoms with E-state index in [-0.39, 0.29) is 4.47 Å². The van der Waals surface area contributed by atoms with Gasteiger partial charge in [0.2, 0.25) is 0 Å². The second-order valence-corrected chi connectivity index (χ2v) is 3.72. The minimum Gasteiger partial charge on any atom is -0.276 e. The van der Waals surface area contributed by atoms with Crippen molar-refractivity contribution in [2.45, 2.75) is 6.18 Å². The highest BCUT2D eigenvalue weighted by atomic mass is 79.9. The number of alkyl halides is 3. The second-order valence-electron chi connectivity index (χ2n) is 2.46. The summed E-state index contributed by atoms with van der Waals surface area (Å²) in [5.41, 5.74) is -1.57. The molecule has 1 aromatic carbocycles. The van der Waals surface area contributed by atoms with Crippen molar-refractivity contribution in [2.75, 3.05) is 0 Å². The molecule has 0 spiro atoms. The molecule has 0 radical (unpaired) electrons.